The number of primary amides is 1. The van der Waals surface area contributed by atoms with E-state index in [-0.39, 0.29) is 5.91 Å². The lowest BCUT2D eigenvalue weighted by Gasteiger charge is -2.39. The van der Waals surface area contributed by atoms with Gasteiger partial charge in [-0.05, 0) is 24.5 Å². The van der Waals surface area contributed by atoms with Crippen molar-refractivity contribution in [3.05, 3.63) is 35.9 Å². The lowest BCUT2D eigenvalue weighted by atomic mass is 9.64. The number of nitrogens with two attached hydrogens (primary N) is 1. The van der Waals surface area contributed by atoms with Crippen LogP contribution in [-0.4, -0.2) is 5.91 Å². The van der Waals surface area contributed by atoms with Crippen molar-refractivity contribution < 1.29 is 4.79 Å². The number of carbonyl (C=O) groups excluding carboxylic acids is 1. The largest absolute Gasteiger partial charge is 0.369 e. The van der Waals surface area contributed by atoms with Gasteiger partial charge in [-0.2, -0.15) is 0 Å². The van der Waals surface area contributed by atoms with Gasteiger partial charge in [-0.1, -0.05) is 30.7 Å². The van der Waals surface area contributed by atoms with Gasteiger partial charge in [0.1, 0.15) is 0 Å². The molecule has 2 rings (SSSR count). The van der Waals surface area contributed by atoms with Crippen LogP contribution in [0.1, 0.15) is 24.8 Å². The number of carbonyl (C=O) groups is 1. The van der Waals surface area contributed by atoms with E-state index in [1.165, 1.54) is 0 Å². The topological polar surface area (TPSA) is 43.1 Å². The number of amides is 1. The quantitative estimate of drug-likeness (QED) is 0.723. The Morgan fingerprint density at radius 2 is 2.23 bits per heavy atom. The highest BCUT2D eigenvalue weighted by Gasteiger charge is 2.44. The van der Waals surface area contributed by atoms with Crippen LogP contribution in [0, 0.1) is 6.07 Å². The molecule has 1 aromatic carbocycles. The molecule has 0 saturated heterocycles. The van der Waals surface area contributed by atoms with Crippen molar-refractivity contribution in [2.24, 2.45) is 5.73 Å². The minimum atomic E-state index is -0.402. The standard InChI is InChI=1S/C11H12NO/c12-10(13)11(7-4-8-11)9-5-2-1-3-6-9/h1-3,5H,4,7-8H2,(H2,12,13). The maximum Gasteiger partial charge on any atom is 0.228 e. The number of hydrogen-bond donors (Lipinski definition) is 1. The Hall–Kier alpha value is -1.31. The van der Waals surface area contributed by atoms with E-state index in [0.29, 0.717) is 0 Å². The average Bonchev–Trinajstić information content (AvgIpc) is 2.03. The van der Waals surface area contributed by atoms with Crippen molar-refractivity contribution in [2.45, 2.75) is 24.7 Å². The van der Waals surface area contributed by atoms with Crippen molar-refractivity contribution in [1.82, 2.24) is 0 Å². The van der Waals surface area contributed by atoms with E-state index in [1.54, 1.807) is 0 Å². The average molecular weight is 174 g/mol. The van der Waals surface area contributed by atoms with Gasteiger partial charge in [-0.25, -0.2) is 0 Å². The smallest absolute Gasteiger partial charge is 0.228 e. The fourth-order valence-electron chi connectivity index (χ4n) is 1.87. The molecular formula is C11H12NO. The Bertz CT molecular complexity index is 314. The second-order valence-electron chi connectivity index (χ2n) is 3.58. The van der Waals surface area contributed by atoms with Gasteiger partial charge in [-0.15, -0.1) is 0 Å². The molecule has 1 aromatic rings. The first-order valence-electron chi connectivity index (χ1n) is 4.53. The van der Waals surface area contributed by atoms with Gasteiger partial charge in [0.2, 0.25) is 5.91 Å². The monoisotopic (exact) mass is 174 g/mol. The van der Waals surface area contributed by atoms with E-state index in [9.17, 15) is 4.79 Å². The Labute approximate surface area is 77.8 Å². The first kappa shape index (κ1) is 8.30. The molecule has 0 aliphatic heterocycles. The molecule has 0 atom stereocenters. The molecule has 1 radical (unpaired) electrons. The van der Waals surface area contributed by atoms with Crippen LogP contribution < -0.4 is 5.73 Å². The number of rotatable bonds is 2. The molecule has 0 bridgehead atoms. The first-order chi connectivity index (χ1) is 6.26. The highest BCUT2D eigenvalue weighted by Crippen LogP contribution is 2.42. The molecule has 0 spiro atoms. The predicted molar refractivity (Wildman–Crippen MR) is 50.0 cm³/mol. The van der Waals surface area contributed by atoms with E-state index in [0.717, 1.165) is 24.8 Å². The summed E-state index contributed by atoms with van der Waals surface area (Å²) < 4.78 is 0. The zero-order valence-corrected chi connectivity index (χ0v) is 7.42. The SMILES string of the molecule is NC(=O)C1(c2[c]cccc2)CCC1. The third-order valence-corrected chi connectivity index (χ3v) is 2.90. The molecule has 1 fully saturated rings. The van der Waals surface area contributed by atoms with E-state index >= 15 is 0 Å². The fraction of sp³-hybridized carbons (Fsp3) is 0.364. The Morgan fingerprint density at radius 1 is 1.46 bits per heavy atom. The van der Waals surface area contributed by atoms with Crippen LogP contribution in [0.25, 0.3) is 0 Å². The Morgan fingerprint density at radius 3 is 2.62 bits per heavy atom. The van der Waals surface area contributed by atoms with Gasteiger partial charge in [0.25, 0.3) is 0 Å². The minimum absolute atomic E-state index is 0.207. The minimum Gasteiger partial charge on any atom is -0.369 e. The van der Waals surface area contributed by atoms with E-state index < -0.39 is 5.41 Å². The van der Waals surface area contributed by atoms with E-state index in [2.05, 4.69) is 6.07 Å². The van der Waals surface area contributed by atoms with Crippen LogP contribution in [0.2, 0.25) is 0 Å². The highest BCUT2D eigenvalue weighted by molar-refractivity contribution is 5.87. The van der Waals surface area contributed by atoms with Gasteiger partial charge in [0, 0.05) is 0 Å². The van der Waals surface area contributed by atoms with Crippen LogP contribution in [-0.2, 0) is 10.2 Å². The van der Waals surface area contributed by atoms with Crippen LogP contribution >= 0.6 is 0 Å². The lowest BCUT2D eigenvalue weighted by molar-refractivity contribution is -0.126. The molecule has 1 aliphatic carbocycles. The summed E-state index contributed by atoms with van der Waals surface area (Å²) >= 11 is 0. The summed E-state index contributed by atoms with van der Waals surface area (Å²) in [7, 11) is 0. The molecule has 67 valence electrons. The third kappa shape index (κ3) is 1.13. The van der Waals surface area contributed by atoms with Crippen LogP contribution in [0.3, 0.4) is 0 Å². The van der Waals surface area contributed by atoms with Crippen molar-refractivity contribution in [3.63, 3.8) is 0 Å². The predicted octanol–water partition coefficient (Wildman–Crippen LogP) is 1.39. The fourth-order valence-corrected chi connectivity index (χ4v) is 1.87. The summed E-state index contributed by atoms with van der Waals surface area (Å²) in [6.45, 7) is 0. The maximum atomic E-state index is 11.3. The molecule has 2 nitrogen and oxygen atoms in total. The first-order valence-corrected chi connectivity index (χ1v) is 4.53. The van der Waals surface area contributed by atoms with Crippen molar-refractivity contribution in [1.29, 1.82) is 0 Å². The van der Waals surface area contributed by atoms with E-state index in [4.69, 9.17) is 5.73 Å². The lowest BCUT2D eigenvalue weighted by Crippen LogP contribution is -2.46. The van der Waals surface area contributed by atoms with Gasteiger partial charge >= 0.3 is 0 Å². The molecule has 0 heterocycles. The van der Waals surface area contributed by atoms with Crippen LogP contribution in [0.4, 0.5) is 0 Å². The van der Waals surface area contributed by atoms with Crippen LogP contribution in [0.15, 0.2) is 24.3 Å². The summed E-state index contributed by atoms with van der Waals surface area (Å²) in [5.74, 6) is -0.207. The Balaban J connectivity index is 2.38. The van der Waals surface area contributed by atoms with Crippen molar-refractivity contribution >= 4 is 5.91 Å². The van der Waals surface area contributed by atoms with Gasteiger partial charge in [0.05, 0.1) is 5.41 Å². The molecule has 1 amide bonds. The number of hydrogen-bond acceptors (Lipinski definition) is 1. The van der Waals surface area contributed by atoms with Crippen molar-refractivity contribution in [2.75, 3.05) is 0 Å². The molecular weight excluding hydrogens is 162 g/mol. The Kier molecular flexibility index (Phi) is 1.83. The second-order valence-corrected chi connectivity index (χ2v) is 3.58. The summed E-state index contributed by atoms with van der Waals surface area (Å²) in [4.78, 5) is 11.3. The molecule has 0 aromatic heterocycles. The number of benzene rings is 1. The molecule has 2 N–H and O–H groups in total. The zero-order chi connectivity index (χ0) is 9.31. The normalized spacial score (nSPS) is 19.1. The molecule has 1 saturated carbocycles. The van der Waals surface area contributed by atoms with Gasteiger partial charge in [0.15, 0.2) is 0 Å². The third-order valence-electron chi connectivity index (χ3n) is 2.90. The summed E-state index contributed by atoms with van der Waals surface area (Å²) in [5.41, 5.74) is 5.96. The summed E-state index contributed by atoms with van der Waals surface area (Å²) in [6.07, 6.45) is 2.84. The van der Waals surface area contributed by atoms with E-state index in [1.807, 2.05) is 24.3 Å². The van der Waals surface area contributed by atoms with Gasteiger partial charge < -0.3 is 5.73 Å². The zero-order valence-electron chi connectivity index (χ0n) is 7.42. The molecule has 13 heavy (non-hydrogen) atoms. The van der Waals surface area contributed by atoms with Gasteiger partial charge in [-0.3, -0.25) is 4.79 Å². The maximum absolute atomic E-state index is 11.3. The summed E-state index contributed by atoms with van der Waals surface area (Å²) in [5, 5.41) is 0. The molecule has 0 unspecified atom stereocenters. The highest BCUT2D eigenvalue weighted by atomic mass is 16.1. The van der Waals surface area contributed by atoms with Crippen molar-refractivity contribution in [3.8, 4) is 0 Å². The molecule has 1 aliphatic rings. The van der Waals surface area contributed by atoms with Crippen LogP contribution in [0.5, 0.6) is 0 Å². The summed E-state index contributed by atoms with van der Waals surface area (Å²) in [6, 6.07) is 10.7. The second kappa shape index (κ2) is 2.87. The molecule has 2 heteroatoms.